The van der Waals surface area contributed by atoms with Crippen LogP contribution in [0.4, 0.5) is 14.6 Å². The maximum Gasteiger partial charge on any atom is 0.233 e. The number of thiophene rings is 1. The van der Waals surface area contributed by atoms with Gasteiger partial charge in [-0.25, -0.2) is 8.78 Å². The Kier molecular flexibility index (Phi) is 5.99. The normalized spacial score (nSPS) is 11.7. The first-order valence-electron chi connectivity index (χ1n) is 9.29. The molecule has 4 rings (SSSR count). The summed E-state index contributed by atoms with van der Waals surface area (Å²) in [4.78, 5) is 21.9. The number of hydrogen-bond donors (Lipinski definition) is 1. The molecule has 0 amide bonds. The van der Waals surface area contributed by atoms with E-state index >= 15 is 0 Å². The van der Waals surface area contributed by atoms with Gasteiger partial charge in [0.2, 0.25) is 5.88 Å². The van der Waals surface area contributed by atoms with Crippen molar-refractivity contribution in [3.05, 3.63) is 94.4 Å². The molecule has 1 N–H and O–H groups in total. The Labute approximate surface area is 181 Å². The van der Waals surface area contributed by atoms with Crippen molar-refractivity contribution in [3.63, 3.8) is 0 Å². The minimum Gasteiger partial charge on any atom is -0.480 e. The van der Waals surface area contributed by atoms with Gasteiger partial charge in [-0.15, -0.1) is 0 Å². The molecule has 0 aliphatic heterocycles. The molecule has 0 aliphatic rings. The molecular weight excluding hydrogens is 420 g/mol. The molecule has 4 aromatic rings. The van der Waals surface area contributed by atoms with Crippen molar-refractivity contribution in [1.82, 2.24) is 9.97 Å². The van der Waals surface area contributed by atoms with E-state index in [4.69, 9.17) is 4.74 Å². The summed E-state index contributed by atoms with van der Waals surface area (Å²) in [5, 5.41) is 6.67. The summed E-state index contributed by atoms with van der Waals surface area (Å²) in [5.41, 5.74) is 2.45. The Morgan fingerprint density at radius 2 is 1.68 bits per heavy atom. The second-order valence-corrected chi connectivity index (χ2v) is 7.39. The van der Waals surface area contributed by atoms with Gasteiger partial charge < -0.3 is 10.1 Å². The van der Waals surface area contributed by atoms with Crippen LogP contribution in [0.15, 0.2) is 71.7 Å². The first-order chi connectivity index (χ1) is 15.0. The van der Waals surface area contributed by atoms with Crippen molar-refractivity contribution < 1.29 is 18.3 Å². The van der Waals surface area contributed by atoms with Crippen molar-refractivity contribution in [2.45, 2.75) is 6.04 Å². The number of nitrogens with one attached hydrogen (secondary N) is 1. The van der Waals surface area contributed by atoms with Crippen LogP contribution in [0.2, 0.25) is 0 Å². The SMILES string of the molecule is COc1cncc(NC(C(=O)c2cscc2-c2ccc(F)cc2)c2ccc(F)cc2)n1. The zero-order valence-corrected chi connectivity index (χ0v) is 17.2. The molecule has 0 spiro atoms. The number of rotatable bonds is 7. The topological polar surface area (TPSA) is 64.1 Å². The number of anilines is 1. The van der Waals surface area contributed by atoms with Crippen LogP contribution in [0, 0.1) is 11.6 Å². The Balaban J connectivity index is 1.73. The quantitative estimate of drug-likeness (QED) is 0.385. The zero-order valence-electron chi connectivity index (χ0n) is 16.4. The Bertz CT molecular complexity index is 1190. The summed E-state index contributed by atoms with van der Waals surface area (Å²) in [6, 6.07) is 10.8. The predicted molar refractivity (Wildman–Crippen MR) is 115 cm³/mol. The molecule has 2 heterocycles. The second-order valence-electron chi connectivity index (χ2n) is 6.65. The molecule has 1 unspecified atom stereocenters. The molecule has 0 bridgehead atoms. The highest BCUT2D eigenvalue weighted by atomic mass is 32.1. The minimum absolute atomic E-state index is 0.239. The molecule has 0 fully saturated rings. The van der Waals surface area contributed by atoms with Gasteiger partial charge in [-0.2, -0.15) is 16.3 Å². The first-order valence-corrected chi connectivity index (χ1v) is 10.2. The fourth-order valence-corrected chi connectivity index (χ4v) is 3.96. The average Bonchev–Trinajstić information content (AvgIpc) is 3.28. The summed E-state index contributed by atoms with van der Waals surface area (Å²) >= 11 is 1.37. The Morgan fingerprint density at radius 1 is 1.00 bits per heavy atom. The molecule has 0 saturated heterocycles. The maximum atomic E-state index is 13.6. The monoisotopic (exact) mass is 437 g/mol. The summed E-state index contributed by atoms with van der Waals surface area (Å²) in [6.45, 7) is 0. The smallest absolute Gasteiger partial charge is 0.233 e. The Hall–Kier alpha value is -3.65. The van der Waals surface area contributed by atoms with Crippen LogP contribution in [0.25, 0.3) is 11.1 Å². The molecule has 5 nitrogen and oxygen atoms in total. The molecule has 0 radical (unpaired) electrons. The van der Waals surface area contributed by atoms with E-state index in [1.165, 1.54) is 55.1 Å². The van der Waals surface area contributed by atoms with Crippen LogP contribution in [0.1, 0.15) is 22.0 Å². The van der Waals surface area contributed by atoms with Crippen LogP contribution < -0.4 is 10.1 Å². The number of halogens is 2. The molecule has 2 aromatic heterocycles. The van der Waals surface area contributed by atoms with Gasteiger partial charge in [0.1, 0.15) is 23.5 Å². The van der Waals surface area contributed by atoms with Gasteiger partial charge in [-0.1, -0.05) is 24.3 Å². The number of carbonyl (C=O) groups is 1. The van der Waals surface area contributed by atoms with Gasteiger partial charge in [0.25, 0.3) is 0 Å². The van der Waals surface area contributed by atoms with Crippen molar-refractivity contribution in [1.29, 1.82) is 0 Å². The average molecular weight is 437 g/mol. The fourth-order valence-electron chi connectivity index (χ4n) is 3.12. The third-order valence-corrected chi connectivity index (χ3v) is 5.41. The molecule has 0 aliphatic carbocycles. The van der Waals surface area contributed by atoms with E-state index in [0.29, 0.717) is 22.5 Å². The number of ether oxygens (including phenoxy) is 1. The van der Waals surface area contributed by atoms with Crippen molar-refractivity contribution in [2.75, 3.05) is 12.4 Å². The van der Waals surface area contributed by atoms with Gasteiger partial charge in [0, 0.05) is 16.5 Å². The number of carbonyl (C=O) groups excluding carboxylic acids is 1. The van der Waals surface area contributed by atoms with Crippen molar-refractivity contribution in [2.24, 2.45) is 0 Å². The lowest BCUT2D eigenvalue weighted by molar-refractivity contribution is 0.0970. The lowest BCUT2D eigenvalue weighted by atomic mass is 9.94. The number of methoxy groups -OCH3 is 1. The summed E-state index contributed by atoms with van der Waals surface area (Å²) in [5.74, 6) is -0.372. The van der Waals surface area contributed by atoms with Crippen LogP contribution in [0.3, 0.4) is 0 Å². The highest BCUT2D eigenvalue weighted by Crippen LogP contribution is 2.32. The highest BCUT2D eigenvalue weighted by molar-refractivity contribution is 7.08. The molecule has 156 valence electrons. The van der Waals surface area contributed by atoms with Crippen molar-refractivity contribution in [3.8, 4) is 17.0 Å². The second kappa shape index (κ2) is 9.01. The molecule has 1 atom stereocenters. The van der Waals surface area contributed by atoms with Crippen LogP contribution in [-0.2, 0) is 0 Å². The zero-order chi connectivity index (χ0) is 21.8. The lowest BCUT2D eigenvalue weighted by Crippen LogP contribution is -2.22. The van der Waals surface area contributed by atoms with Crippen LogP contribution in [0.5, 0.6) is 5.88 Å². The van der Waals surface area contributed by atoms with Crippen LogP contribution in [-0.4, -0.2) is 22.9 Å². The third kappa shape index (κ3) is 4.59. The first kappa shape index (κ1) is 20.6. The van der Waals surface area contributed by atoms with E-state index in [-0.39, 0.29) is 17.5 Å². The molecular formula is C23H17F2N3O2S. The Morgan fingerprint density at radius 3 is 2.35 bits per heavy atom. The highest BCUT2D eigenvalue weighted by Gasteiger charge is 2.26. The van der Waals surface area contributed by atoms with E-state index in [2.05, 4.69) is 15.3 Å². The number of benzene rings is 2. The largest absolute Gasteiger partial charge is 0.480 e. The van der Waals surface area contributed by atoms with Gasteiger partial charge >= 0.3 is 0 Å². The van der Waals surface area contributed by atoms with E-state index in [1.807, 2.05) is 5.38 Å². The number of ketones is 1. The molecule has 2 aromatic carbocycles. The van der Waals surface area contributed by atoms with E-state index in [0.717, 1.165) is 5.56 Å². The summed E-state index contributed by atoms with van der Waals surface area (Å²) < 4.78 is 31.9. The van der Waals surface area contributed by atoms with Crippen molar-refractivity contribution >= 4 is 22.9 Å². The van der Waals surface area contributed by atoms with E-state index < -0.39 is 11.9 Å². The minimum atomic E-state index is -0.851. The maximum absolute atomic E-state index is 13.6. The molecule has 8 heteroatoms. The van der Waals surface area contributed by atoms with Crippen LogP contribution >= 0.6 is 11.3 Å². The molecule has 0 saturated carbocycles. The summed E-state index contributed by atoms with van der Waals surface area (Å²) in [7, 11) is 1.47. The number of nitrogens with zero attached hydrogens (tertiary/aromatic N) is 2. The number of aromatic nitrogens is 2. The third-order valence-electron chi connectivity index (χ3n) is 4.66. The van der Waals surface area contributed by atoms with Gasteiger partial charge in [0.05, 0.1) is 19.5 Å². The standard InChI is InChI=1S/C23H17F2N3O2S/c1-30-21-11-26-10-20(27-21)28-22(15-4-8-17(25)9-5-15)23(29)19-13-31-12-18(19)14-2-6-16(24)7-3-14/h2-13,22H,1H3,(H,27,28). The predicted octanol–water partition coefficient (Wildman–Crippen LogP) is 5.53. The number of hydrogen-bond acceptors (Lipinski definition) is 6. The van der Waals surface area contributed by atoms with Gasteiger partial charge in [-0.3, -0.25) is 9.78 Å². The van der Waals surface area contributed by atoms with Gasteiger partial charge in [-0.05, 0) is 40.8 Å². The van der Waals surface area contributed by atoms with Gasteiger partial charge in [0.15, 0.2) is 5.78 Å². The number of Topliss-reactive ketones (excluding diaryl/α,β-unsaturated/α-hetero) is 1. The fraction of sp³-hybridized carbons (Fsp3) is 0.0870. The van der Waals surface area contributed by atoms with E-state index in [9.17, 15) is 13.6 Å². The lowest BCUT2D eigenvalue weighted by Gasteiger charge is -2.19. The summed E-state index contributed by atoms with van der Waals surface area (Å²) in [6.07, 6.45) is 2.92. The van der Waals surface area contributed by atoms with E-state index in [1.54, 1.807) is 29.6 Å². The molecule has 31 heavy (non-hydrogen) atoms.